The SMILES string of the molecule is COc1ccccc1N1CCCN(c2ncnc3c2cnn3-c2ccccc2)CC1. The zero-order chi connectivity index (χ0) is 20.3. The Labute approximate surface area is 175 Å². The standard InChI is InChI=1S/C23H24N6O/c1-30-21-11-6-5-10-20(21)27-12-7-13-28(15-14-27)22-19-16-26-29(23(19)25-17-24-22)18-8-3-2-4-9-18/h2-6,8-11,16-17H,7,12-15H2,1H3. The maximum atomic E-state index is 5.57. The van der Waals surface area contributed by atoms with Crippen molar-refractivity contribution >= 4 is 22.5 Å². The number of methoxy groups -OCH3 is 1. The highest BCUT2D eigenvalue weighted by Gasteiger charge is 2.21. The summed E-state index contributed by atoms with van der Waals surface area (Å²) in [5.41, 5.74) is 2.97. The minimum Gasteiger partial charge on any atom is -0.495 e. The first kappa shape index (κ1) is 18.4. The Morgan fingerprint density at radius 1 is 0.833 bits per heavy atom. The molecule has 0 spiro atoms. The van der Waals surface area contributed by atoms with E-state index in [9.17, 15) is 0 Å². The fraction of sp³-hybridized carbons (Fsp3) is 0.261. The van der Waals surface area contributed by atoms with Crippen molar-refractivity contribution < 1.29 is 4.74 Å². The molecule has 3 heterocycles. The van der Waals surface area contributed by atoms with E-state index in [1.807, 2.05) is 53.3 Å². The van der Waals surface area contributed by atoms with E-state index in [0.29, 0.717) is 0 Å². The maximum absolute atomic E-state index is 5.57. The highest BCUT2D eigenvalue weighted by atomic mass is 16.5. The summed E-state index contributed by atoms with van der Waals surface area (Å²) in [4.78, 5) is 13.9. The predicted octanol–water partition coefficient (Wildman–Crippen LogP) is 3.54. The van der Waals surface area contributed by atoms with Gasteiger partial charge in [-0.3, -0.25) is 0 Å². The third-order valence-corrected chi connectivity index (χ3v) is 5.57. The molecule has 4 aromatic rings. The van der Waals surface area contributed by atoms with Crippen LogP contribution < -0.4 is 14.5 Å². The van der Waals surface area contributed by atoms with Gasteiger partial charge in [-0.2, -0.15) is 5.10 Å². The van der Waals surface area contributed by atoms with Gasteiger partial charge in [-0.1, -0.05) is 30.3 Å². The van der Waals surface area contributed by atoms with Crippen LogP contribution in [0, 0.1) is 0 Å². The largest absolute Gasteiger partial charge is 0.495 e. The predicted molar refractivity (Wildman–Crippen MR) is 119 cm³/mol. The molecule has 2 aromatic carbocycles. The molecule has 0 amide bonds. The van der Waals surface area contributed by atoms with Gasteiger partial charge in [0.2, 0.25) is 0 Å². The average Bonchev–Trinajstić information content (AvgIpc) is 3.10. The Kier molecular flexibility index (Phi) is 4.93. The van der Waals surface area contributed by atoms with Crippen molar-refractivity contribution in [1.29, 1.82) is 0 Å². The van der Waals surface area contributed by atoms with Gasteiger partial charge in [0, 0.05) is 26.2 Å². The molecule has 1 aliphatic rings. The van der Waals surface area contributed by atoms with Gasteiger partial charge < -0.3 is 14.5 Å². The molecular weight excluding hydrogens is 376 g/mol. The molecule has 0 bridgehead atoms. The van der Waals surface area contributed by atoms with Crippen LogP contribution in [0.3, 0.4) is 0 Å². The molecule has 0 atom stereocenters. The molecular formula is C23H24N6O. The van der Waals surface area contributed by atoms with Crippen LogP contribution in [0.2, 0.25) is 0 Å². The quantitative estimate of drug-likeness (QED) is 0.522. The number of fused-ring (bicyclic) bond motifs is 1. The number of benzene rings is 2. The molecule has 0 aliphatic carbocycles. The van der Waals surface area contributed by atoms with Crippen molar-refractivity contribution in [2.75, 3.05) is 43.1 Å². The van der Waals surface area contributed by atoms with Crippen LogP contribution in [-0.2, 0) is 0 Å². The number of hydrogen-bond donors (Lipinski definition) is 0. The Morgan fingerprint density at radius 3 is 2.47 bits per heavy atom. The van der Waals surface area contributed by atoms with E-state index >= 15 is 0 Å². The number of rotatable bonds is 4. The first-order valence-electron chi connectivity index (χ1n) is 10.2. The van der Waals surface area contributed by atoms with Crippen LogP contribution in [0.4, 0.5) is 11.5 Å². The summed E-state index contributed by atoms with van der Waals surface area (Å²) < 4.78 is 7.44. The lowest BCUT2D eigenvalue weighted by Gasteiger charge is -2.25. The summed E-state index contributed by atoms with van der Waals surface area (Å²) >= 11 is 0. The second kappa shape index (κ2) is 8.02. The zero-order valence-corrected chi connectivity index (χ0v) is 17.0. The number of anilines is 2. The van der Waals surface area contributed by atoms with Crippen molar-refractivity contribution in [3.05, 3.63) is 67.1 Å². The van der Waals surface area contributed by atoms with Crippen LogP contribution >= 0.6 is 0 Å². The monoisotopic (exact) mass is 400 g/mol. The number of ether oxygens (including phenoxy) is 1. The molecule has 5 rings (SSSR count). The van der Waals surface area contributed by atoms with Crippen LogP contribution in [0.5, 0.6) is 5.75 Å². The summed E-state index contributed by atoms with van der Waals surface area (Å²) in [6, 6.07) is 18.3. The molecule has 0 radical (unpaired) electrons. The Balaban J connectivity index is 1.43. The molecule has 7 nitrogen and oxygen atoms in total. The van der Waals surface area contributed by atoms with Gasteiger partial charge in [0.25, 0.3) is 0 Å². The summed E-state index contributed by atoms with van der Waals surface area (Å²) in [7, 11) is 1.73. The van der Waals surface area contributed by atoms with E-state index in [4.69, 9.17) is 4.74 Å². The molecule has 1 saturated heterocycles. The second-order valence-electron chi connectivity index (χ2n) is 7.33. The normalized spacial score (nSPS) is 14.7. The van der Waals surface area contributed by atoms with E-state index < -0.39 is 0 Å². The third kappa shape index (κ3) is 3.32. The molecule has 1 aliphatic heterocycles. The van der Waals surface area contributed by atoms with Crippen LogP contribution in [0.1, 0.15) is 6.42 Å². The molecule has 2 aromatic heterocycles. The van der Waals surface area contributed by atoms with Crippen molar-refractivity contribution in [2.24, 2.45) is 0 Å². The number of para-hydroxylation sites is 3. The molecule has 152 valence electrons. The number of aromatic nitrogens is 4. The summed E-state index contributed by atoms with van der Waals surface area (Å²) in [6.07, 6.45) is 4.55. The van der Waals surface area contributed by atoms with Gasteiger partial charge in [-0.05, 0) is 30.7 Å². The first-order chi connectivity index (χ1) is 14.8. The Bertz CT molecular complexity index is 1140. The van der Waals surface area contributed by atoms with Gasteiger partial charge in [0.05, 0.1) is 30.1 Å². The lowest BCUT2D eigenvalue weighted by atomic mass is 10.2. The second-order valence-corrected chi connectivity index (χ2v) is 7.33. The van der Waals surface area contributed by atoms with Crippen molar-refractivity contribution in [3.8, 4) is 11.4 Å². The van der Waals surface area contributed by atoms with E-state index in [2.05, 4.69) is 37.0 Å². The minimum atomic E-state index is 0.831. The summed E-state index contributed by atoms with van der Waals surface area (Å²) in [6.45, 7) is 3.70. The summed E-state index contributed by atoms with van der Waals surface area (Å²) in [5, 5.41) is 5.57. The molecule has 0 saturated carbocycles. The van der Waals surface area contributed by atoms with Gasteiger partial charge in [-0.15, -0.1) is 0 Å². The average molecular weight is 400 g/mol. The molecule has 30 heavy (non-hydrogen) atoms. The van der Waals surface area contributed by atoms with Crippen LogP contribution in [0.15, 0.2) is 67.1 Å². The van der Waals surface area contributed by atoms with Crippen molar-refractivity contribution in [2.45, 2.75) is 6.42 Å². The van der Waals surface area contributed by atoms with E-state index in [1.54, 1.807) is 13.4 Å². The topological polar surface area (TPSA) is 59.3 Å². The molecule has 1 fully saturated rings. The summed E-state index contributed by atoms with van der Waals surface area (Å²) in [5.74, 6) is 1.86. The lowest BCUT2D eigenvalue weighted by Crippen LogP contribution is -2.31. The first-order valence-corrected chi connectivity index (χ1v) is 10.2. The lowest BCUT2D eigenvalue weighted by molar-refractivity contribution is 0.414. The van der Waals surface area contributed by atoms with Gasteiger partial charge in [0.15, 0.2) is 5.65 Å². The van der Waals surface area contributed by atoms with E-state index in [1.165, 1.54) is 0 Å². The van der Waals surface area contributed by atoms with E-state index in [-0.39, 0.29) is 0 Å². The fourth-order valence-electron chi connectivity index (χ4n) is 4.10. The smallest absolute Gasteiger partial charge is 0.168 e. The van der Waals surface area contributed by atoms with E-state index in [0.717, 1.165) is 66.6 Å². The van der Waals surface area contributed by atoms with Crippen molar-refractivity contribution in [1.82, 2.24) is 19.7 Å². The molecule has 7 heteroatoms. The molecule has 0 N–H and O–H groups in total. The maximum Gasteiger partial charge on any atom is 0.168 e. The van der Waals surface area contributed by atoms with Gasteiger partial charge >= 0.3 is 0 Å². The highest BCUT2D eigenvalue weighted by molar-refractivity contribution is 5.87. The third-order valence-electron chi connectivity index (χ3n) is 5.57. The van der Waals surface area contributed by atoms with Crippen molar-refractivity contribution in [3.63, 3.8) is 0 Å². The fourth-order valence-corrected chi connectivity index (χ4v) is 4.10. The highest BCUT2D eigenvalue weighted by Crippen LogP contribution is 2.30. The minimum absolute atomic E-state index is 0.831. The van der Waals surface area contributed by atoms with Crippen LogP contribution in [0.25, 0.3) is 16.7 Å². The Hall–Kier alpha value is -3.61. The van der Waals surface area contributed by atoms with Crippen LogP contribution in [-0.4, -0.2) is 53.0 Å². The zero-order valence-electron chi connectivity index (χ0n) is 17.0. The number of hydrogen-bond acceptors (Lipinski definition) is 6. The van der Waals surface area contributed by atoms with Gasteiger partial charge in [-0.25, -0.2) is 14.6 Å². The molecule has 0 unspecified atom stereocenters. The Morgan fingerprint density at radius 2 is 1.60 bits per heavy atom. The van der Waals surface area contributed by atoms with Gasteiger partial charge in [0.1, 0.15) is 17.9 Å². The number of nitrogens with zero attached hydrogens (tertiary/aromatic N) is 6.